The first-order valence-corrected chi connectivity index (χ1v) is 8.20. The van der Waals surface area contributed by atoms with Gasteiger partial charge in [-0.1, -0.05) is 18.2 Å². The molecule has 1 aromatic carbocycles. The van der Waals surface area contributed by atoms with E-state index in [-0.39, 0.29) is 6.09 Å². The Bertz CT molecular complexity index is 705. The number of carbonyl (C=O) groups excluding carboxylic acids is 1. The van der Waals surface area contributed by atoms with Gasteiger partial charge in [-0.25, -0.2) is 14.8 Å². The summed E-state index contributed by atoms with van der Waals surface area (Å²) >= 11 is 0. The van der Waals surface area contributed by atoms with Crippen LogP contribution < -0.4 is 9.64 Å². The van der Waals surface area contributed by atoms with Gasteiger partial charge in [-0.2, -0.15) is 0 Å². The molecule has 0 unspecified atom stereocenters. The molecular formula is C18H22N4O2. The predicted molar refractivity (Wildman–Crippen MR) is 92.4 cm³/mol. The highest BCUT2D eigenvalue weighted by Gasteiger charge is 2.22. The molecule has 6 nitrogen and oxygen atoms in total. The maximum Gasteiger partial charge on any atom is 0.415 e. The minimum absolute atomic E-state index is 0.293. The van der Waals surface area contributed by atoms with Crippen molar-refractivity contribution in [2.75, 3.05) is 31.1 Å². The second-order valence-electron chi connectivity index (χ2n) is 5.93. The Kier molecular flexibility index (Phi) is 4.93. The molecule has 24 heavy (non-hydrogen) atoms. The number of benzene rings is 1. The second-order valence-corrected chi connectivity index (χ2v) is 5.93. The Balaban J connectivity index is 1.64. The standard InChI is InChI=1S/C18H22N4O2/c1-14-13-19-15(2)20-17(14)21-9-6-10-22(12-11-21)18(23)24-16-7-4-3-5-8-16/h3-5,7-8,13H,6,9-12H2,1-2H3. The number of hydrogen-bond acceptors (Lipinski definition) is 5. The summed E-state index contributed by atoms with van der Waals surface area (Å²) < 4.78 is 5.44. The van der Waals surface area contributed by atoms with E-state index < -0.39 is 0 Å². The first-order chi connectivity index (χ1) is 11.6. The van der Waals surface area contributed by atoms with Gasteiger partial charge >= 0.3 is 6.09 Å². The van der Waals surface area contributed by atoms with E-state index >= 15 is 0 Å². The van der Waals surface area contributed by atoms with Gasteiger partial charge in [0.05, 0.1) is 0 Å². The number of hydrogen-bond donors (Lipinski definition) is 0. The fraction of sp³-hybridized carbons (Fsp3) is 0.389. The third-order valence-electron chi connectivity index (χ3n) is 4.07. The molecule has 0 atom stereocenters. The Morgan fingerprint density at radius 1 is 1.08 bits per heavy atom. The smallest absolute Gasteiger partial charge is 0.410 e. The Morgan fingerprint density at radius 3 is 2.67 bits per heavy atom. The van der Waals surface area contributed by atoms with Gasteiger partial charge in [-0.3, -0.25) is 0 Å². The lowest BCUT2D eigenvalue weighted by molar-refractivity contribution is 0.155. The van der Waals surface area contributed by atoms with E-state index in [4.69, 9.17) is 4.74 Å². The van der Waals surface area contributed by atoms with E-state index in [0.29, 0.717) is 18.8 Å². The summed E-state index contributed by atoms with van der Waals surface area (Å²) in [5, 5.41) is 0. The van der Waals surface area contributed by atoms with Gasteiger partial charge < -0.3 is 14.5 Å². The number of nitrogens with zero attached hydrogens (tertiary/aromatic N) is 4. The van der Waals surface area contributed by atoms with Gasteiger partial charge in [0.15, 0.2) is 0 Å². The van der Waals surface area contributed by atoms with Crippen LogP contribution in [-0.4, -0.2) is 47.1 Å². The van der Waals surface area contributed by atoms with Crippen LogP contribution in [0.1, 0.15) is 17.8 Å². The summed E-state index contributed by atoms with van der Waals surface area (Å²) in [4.78, 5) is 25.1. The van der Waals surface area contributed by atoms with Crippen molar-refractivity contribution >= 4 is 11.9 Å². The summed E-state index contributed by atoms with van der Waals surface area (Å²) in [6.07, 6.45) is 2.44. The van der Waals surface area contributed by atoms with E-state index in [1.54, 1.807) is 17.0 Å². The molecule has 1 aliphatic rings. The van der Waals surface area contributed by atoms with Gasteiger partial charge in [0.2, 0.25) is 0 Å². The van der Waals surface area contributed by atoms with E-state index in [1.165, 1.54) is 0 Å². The van der Waals surface area contributed by atoms with Crippen LogP contribution in [0.5, 0.6) is 5.75 Å². The van der Waals surface area contributed by atoms with Crippen LogP contribution in [-0.2, 0) is 0 Å². The van der Waals surface area contributed by atoms with Crippen molar-refractivity contribution in [1.82, 2.24) is 14.9 Å². The molecule has 0 bridgehead atoms. The van der Waals surface area contributed by atoms with Crippen LogP contribution in [0.15, 0.2) is 36.5 Å². The van der Waals surface area contributed by atoms with Crippen molar-refractivity contribution in [2.45, 2.75) is 20.3 Å². The number of aryl methyl sites for hydroxylation is 2. The Labute approximate surface area is 142 Å². The molecule has 126 valence electrons. The molecule has 1 amide bonds. The number of carbonyl (C=O) groups is 1. The van der Waals surface area contributed by atoms with Gasteiger partial charge in [0.25, 0.3) is 0 Å². The van der Waals surface area contributed by atoms with Gasteiger partial charge in [0.1, 0.15) is 17.4 Å². The third kappa shape index (κ3) is 3.82. The maximum absolute atomic E-state index is 12.3. The van der Waals surface area contributed by atoms with E-state index in [2.05, 4.69) is 14.9 Å². The maximum atomic E-state index is 12.3. The van der Waals surface area contributed by atoms with Crippen molar-refractivity contribution in [3.63, 3.8) is 0 Å². The number of para-hydroxylation sites is 1. The summed E-state index contributed by atoms with van der Waals surface area (Å²) in [5.74, 6) is 2.30. The van der Waals surface area contributed by atoms with Crippen molar-refractivity contribution < 1.29 is 9.53 Å². The average Bonchev–Trinajstić information content (AvgIpc) is 2.84. The zero-order valence-corrected chi connectivity index (χ0v) is 14.1. The number of rotatable bonds is 2. The highest BCUT2D eigenvalue weighted by molar-refractivity contribution is 5.70. The molecule has 2 aromatic rings. The zero-order valence-electron chi connectivity index (χ0n) is 14.1. The summed E-state index contributed by atoms with van der Waals surface area (Å²) in [7, 11) is 0. The normalized spacial score (nSPS) is 15.1. The highest BCUT2D eigenvalue weighted by atomic mass is 16.6. The number of aromatic nitrogens is 2. The van der Waals surface area contributed by atoms with Crippen LogP contribution in [0.4, 0.5) is 10.6 Å². The Morgan fingerprint density at radius 2 is 1.88 bits per heavy atom. The SMILES string of the molecule is Cc1ncc(C)c(N2CCCN(C(=O)Oc3ccccc3)CC2)n1. The van der Waals surface area contributed by atoms with Gasteiger partial charge in [-0.05, 0) is 32.4 Å². The van der Waals surface area contributed by atoms with E-state index in [0.717, 1.165) is 36.7 Å². The topological polar surface area (TPSA) is 58.6 Å². The summed E-state index contributed by atoms with van der Waals surface area (Å²) in [5.41, 5.74) is 1.06. The number of ether oxygens (including phenoxy) is 1. The molecule has 1 aromatic heterocycles. The minimum atomic E-state index is -0.293. The first kappa shape index (κ1) is 16.2. The molecule has 0 aliphatic carbocycles. The average molecular weight is 326 g/mol. The molecule has 1 aliphatic heterocycles. The van der Waals surface area contributed by atoms with Crippen molar-refractivity contribution in [2.24, 2.45) is 0 Å². The molecule has 1 fully saturated rings. The van der Waals surface area contributed by atoms with Crippen molar-refractivity contribution in [3.8, 4) is 5.75 Å². The van der Waals surface area contributed by atoms with Crippen LogP contribution in [0.25, 0.3) is 0 Å². The molecule has 1 saturated heterocycles. The van der Waals surface area contributed by atoms with Crippen LogP contribution in [0.2, 0.25) is 0 Å². The summed E-state index contributed by atoms with van der Waals surface area (Å²) in [6.45, 7) is 6.82. The largest absolute Gasteiger partial charge is 0.415 e. The van der Waals surface area contributed by atoms with Gasteiger partial charge in [-0.15, -0.1) is 0 Å². The molecule has 0 radical (unpaired) electrons. The fourth-order valence-electron chi connectivity index (χ4n) is 2.80. The molecule has 3 rings (SSSR count). The van der Waals surface area contributed by atoms with Crippen LogP contribution >= 0.6 is 0 Å². The van der Waals surface area contributed by atoms with Crippen LogP contribution in [0.3, 0.4) is 0 Å². The minimum Gasteiger partial charge on any atom is -0.410 e. The number of anilines is 1. The lowest BCUT2D eigenvalue weighted by atomic mass is 10.3. The zero-order chi connectivity index (χ0) is 16.9. The molecule has 2 heterocycles. The fourth-order valence-corrected chi connectivity index (χ4v) is 2.80. The molecule has 0 saturated carbocycles. The molecule has 6 heteroatoms. The second kappa shape index (κ2) is 7.29. The predicted octanol–water partition coefficient (Wildman–Crippen LogP) is 2.80. The first-order valence-electron chi connectivity index (χ1n) is 8.20. The van der Waals surface area contributed by atoms with Crippen LogP contribution in [0, 0.1) is 13.8 Å². The van der Waals surface area contributed by atoms with Gasteiger partial charge in [0, 0.05) is 37.9 Å². The highest BCUT2D eigenvalue weighted by Crippen LogP contribution is 2.19. The number of amides is 1. The summed E-state index contributed by atoms with van der Waals surface area (Å²) in [6, 6.07) is 9.18. The Hall–Kier alpha value is -2.63. The monoisotopic (exact) mass is 326 g/mol. The quantitative estimate of drug-likeness (QED) is 0.849. The van der Waals surface area contributed by atoms with E-state index in [9.17, 15) is 4.79 Å². The molecular weight excluding hydrogens is 304 g/mol. The molecule has 0 N–H and O–H groups in total. The third-order valence-corrected chi connectivity index (χ3v) is 4.07. The lowest BCUT2D eigenvalue weighted by Crippen LogP contribution is -2.37. The van der Waals surface area contributed by atoms with Crippen molar-refractivity contribution in [3.05, 3.63) is 47.9 Å². The van der Waals surface area contributed by atoms with Crippen molar-refractivity contribution in [1.29, 1.82) is 0 Å². The lowest BCUT2D eigenvalue weighted by Gasteiger charge is -2.24. The van der Waals surface area contributed by atoms with E-state index in [1.807, 2.05) is 38.2 Å². The molecule has 0 spiro atoms.